The summed E-state index contributed by atoms with van der Waals surface area (Å²) in [5.74, 6) is 1.62. The fourth-order valence-electron chi connectivity index (χ4n) is 5.07. The third kappa shape index (κ3) is 3.67. The summed E-state index contributed by atoms with van der Waals surface area (Å²) in [6, 6.07) is 14.6. The van der Waals surface area contributed by atoms with Gasteiger partial charge in [-0.1, -0.05) is 18.2 Å². The molecule has 7 nitrogen and oxygen atoms in total. The third-order valence-electron chi connectivity index (χ3n) is 7.06. The monoisotopic (exact) mass is 441 g/mol. The first-order chi connectivity index (χ1) is 16.1. The summed E-state index contributed by atoms with van der Waals surface area (Å²) in [4.78, 5) is 30.3. The number of aryl methyl sites for hydroxylation is 1. The molecule has 2 N–H and O–H groups in total. The van der Waals surface area contributed by atoms with Crippen molar-refractivity contribution in [2.75, 3.05) is 13.1 Å². The number of hydrogen-bond donors (Lipinski definition) is 2. The molecule has 1 saturated heterocycles. The van der Waals surface area contributed by atoms with E-state index in [4.69, 9.17) is 0 Å². The molecule has 1 amide bonds. The molecule has 2 aromatic heterocycles. The number of aromatic amines is 2. The predicted molar refractivity (Wildman–Crippen MR) is 127 cm³/mol. The van der Waals surface area contributed by atoms with Crippen LogP contribution in [0.5, 0.6) is 0 Å². The second-order valence-corrected chi connectivity index (χ2v) is 9.48. The van der Waals surface area contributed by atoms with E-state index in [-0.39, 0.29) is 11.6 Å². The van der Waals surface area contributed by atoms with E-state index >= 15 is 0 Å². The van der Waals surface area contributed by atoms with Gasteiger partial charge in [-0.2, -0.15) is 5.10 Å². The van der Waals surface area contributed by atoms with Crippen LogP contribution < -0.4 is 5.69 Å². The summed E-state index contributed by atoms with van der Waals surface area (Å²) in [6.45, 7) is 3.60. The van der Waals surface area contributed by atoms with Crippen LogP contribution >= 0.6 is 0 Å². The van der Waals surface area contributed by atoms with Crippen molar-refractivity contribution in [3.8, 4) is 16.8 Å². The van der Waals surface area contributed by atoms with Gasteiger partial charge in [0.05, 0.1) is 5.69 Å². The maximum absolute atomic E-state index is 12.7. The van der Waals surface area contributed by atoms with Crippen LogP contribution in [0.1, 0.15) is 30.7 Å². The van der Waals surface area contributed by atoms with Crippen molar-refractivity contribution in [2.45, 2.75) is 32.6 Å². The van der Waals surface area contributed by atoms with Crippen molar-refractivity contribution in [1.29, 1.82) is 0 Å². The van der Waals surface area contributed by atoms with E-state index in [9.17, 15) is 9.59 Å². The van der Waals surface area contributed by atoms with Gasteiger partial charge in [0.1, 0.15) is 5.82 Å². The largest absolute Gasteiger partial charge is 0.361 e. The second-order valence-electron chi connectivity index (χ2n) is 9.48. The molecule has 0 unspecified atom stereocenters. The number of carbonyl (C=O) groups excluding carboxylic acids is 1. The van der Waals surface area contributed by atoms with Crippen LogP contribution in [0.2, 0.25) is 0 Å². The number of carbonyl (C=O) groups is 1. The van der Waals surface area contributed by atoms with Crippen LogP contribution in [0, 0.1) is 18.8 Å². The summed E-state index contributed by atoms with van der Waals surface area (Å²) >= 11 is 0. The number of nitrogens with one attached hydrogen (secondary N) is 2. The molecule has 1 aliphatic carbocycles. The number of nitrogens with zero attached hydrogens (tertiary/aromatic N) is 3. The molecule has 6 rings (SSSR count). The third-order valence-corrected chi connectivity index (χ3v) is 7.06. The molecule has 0 bridgehead atoms. The molecule has 33 heavy (non-hydrogen) atoms. The van der Waals surface area contributed by atoms with Gasteiger partial charge in [0.25, 0.3) is 0 Å². The van der Waals surface area contributed by atoms with E-state index < -0.39 is 0 Å². The van der Waals surface area contributed by atoms with Crippen molar-refractivity contribution in [3.63, 3.8) is 0 Å². The Balaban J connectivity index is 1.26. The number of H-pyrrole nitrogens is 2. The zero-order valence-corrected chi connectivity index (χ0v) is 18.7. The number of benzene rings is 2. The van der Waals surface area contributed by atoms with Gasteiger partial charge in [-0.05, 0) is 78.4 Å². The van der Waals surface area contributed by atoms with Gasteiger partial charge in [-0.25, -0.2) is 14.5 Å². The lowest BCUT2D eigenvalue weighted by Gasteiger charge is -2.16. The minimum atomic E-state index is -0.224. The molecular weight excluding hydrogens is 414 g/mol. The number of likely N-dealkylation sites (tertiary alicyclic amines) is 1. The molecule has 2 aromatic carbocycles. The number of rotatable bonds is 5. The minimum absolute atomic E-state index is 0.224. The molecular formula is C26H27N5O2. The number of aromatic nitrogens is 4. The Morgan fingerprint density at radius 3 is 2.73 bits per heavy atom. The summed E-state index contributed by atoms with van der Waals surface area (Å²) in [5, 5.41) is 8.16. The highest BCUT2D eigenvalue weighted by atomic mass is 16.2. The molecule has 1 aliphatic heterocycles. The van der Waals surface area contributed by atoms with Crippen LogP contribution in [-0.4, -0.2) is 43.6 Å². The average molecular weight is 442 g/mol. The van der Waals surface area contributed by atoms with Crippen LogP contribution in [0.4, 0.5) is 0 Å². The summed E-state index contributed by atoms with van der Waals surface area (Å²) in [5.41, 5.74) is 4.98. The van der Waals surface area contributed by atoms with Gasteiger partial charge in [-0.3, -0.25) is 4.79 Å². The molecule has 168 valence electrons. The number of fused-ring (bicyclic) bond motifs is 1. The molecule has 3 heterocycles. The van der Waals surface area contributed by atoms with Gasteiger partial charge < -0.3 is 9.88 Å². The smallest absolute Gasteiger partial charge is 0.347 e. The Bertz CT molecular complexity index is 1410. The standard InChI is InChI=1S/C26H27N5O2/c1-16-12-20(21-5-2-18-8-10-27-22(18)14-21)6-7-23(16)31-24(28-29-26(31)33)13-17-9-11-30(15-17)25(32)19-3-4-19/h2,5-8,10,12,14,17,19,27H,3-4,9,11,13,15H2,1H3,(H,29,33)/t17-/m0/s1. The highest BCUT2D eigenvalue weighted by molar-refractivity contribution is 5.85. The van der Waals surface area contributed by atoms with E-state index in [0.29, 0.717) is 18.2 Å². The first-order valence-electron chi connectivity index (χ1n) is 11.7. The SMILES string of the molecule is Cc1cc(-c2ccc3cc[nH]c3c2)ccc1-n1c(C[C@@H]2CCN(C(=O)C3CC3)C2)n[nH]c1=O. The predicted octanol–water partition coefficient (Wildman–Crippen LogP) is 3.82. The van der Waals surface area contributed by atoms with Crippen LogP contribution in [0.25, 0.3) is 27.7 Å². The van der Waals surface area contributed by atoms with Gasteiger partial charge >= 0.3 is 5.69 Å². The molecule has 0 radical (unpaired) electrons. The topological polar surface area (TPSA) is 86.8 Å². The summed E-state index contributed by atoms with van der Waals surface area (Å²) in [6.07, 6.45) is 5.65. The highest BCUT2D eigenvalue weighted by Gasteiger charge is 2.37. The molecule has 1 atom stereocenters. The zero-order chi connectivity index (χ0) is 22.5. The van der Waals surface area contributed by atoms with E-state index in [1.165, 1.54) is 5.39 Å². The minimum Gasteiger partial charge on any atom is -0.361 e. The first-order valence-corrected chi connectivity index (χ1v) is 11.7. The number of amides is 1. The molecule has 7 heteroatoms. The van der Waals surface area contributed by atoms with E-state index in [1.54, 1.807) is 4.57 Å². The summed E-state index contributed by atoms with van der Waals surface area (Å²) in [7, 11) is 0. The lowest BCUT2D eigenvalue weighted by molar-refractivity contribution is -0.131. The van der Waals surface area contributed by atoms with E-state index in [1.807, 2.05) is 24.1 Å². The Morgan fingerprint density at radius 1 is 1.09 bits per heavy atom. The maximum atomic E-state index is 12.7. The Hall–Kier alpha value is -3.61. The second kappa shape index (κ2) is 7.76. The first kappa shape index (κ1) is 20.0. The summed E-state index contributed by atoms with van der Waals surface area (Å²) < 4.78 is 1.69. The number of hydrogen-bond acceptors (Lipinski definition) is 3. The van der Waals surface area contributed by atoms with Gasteiger partial charge in [0.15, 0.2) is 0 Å². The highest BCUT2D eigenvalue weighted by Crippen LogP contribution is 2.33. The molecule has 1 saturated carbocycles. The lowest BCUT2D eigenvalue weighted by Crippen LogP contribution is -2.30. The van der Waals surface area contributed by atoms with Crippen molar-refractivity contribution in [1.82, 2.24) is 24.6 Å². The van der Waals surface area contributed by atoms with Crippen molar-refractivity contribution >= 4 is 16.8 Å². The maximum Gasteiger partial charge on any atom is 0.347 e. The molecule has 2 aliphatic rings. The van der Waals surface area contributed by atoms with Gasteiger partial charge in [0.2, 0.25) is 5.91 Å². The fourth-order valence-corrected chi connectivity index (χ4v) is 5.07. The van der Waals surface area contributed by atoms with Crippen molar-refractivity contribution in [3.05, 3.63) is 70.5 Å². The van der Waals surface area contributed by atoms with Crippen LogP contribution in [0.3, 0.4) is 0 Å². The van der Waals surface area contributed by atoms with Crippen molar-refractivity contribution in [2.24, 2.45) is 11.8 Å². The van der Waals surface area contributed by atoms with Crippen molar-refractivity contribution < 1.29 is 4.79 Å². The zero-order valence-electron chi connectivity index (χ0n) is 18.7. The quantitative estimate of drug-likeness (QED) is 0.494. The normalized spacial score (nSPS) is 18.3. The molecule has 4 aromatic rings. The fraction of sp³-hybridized carbons (Fsp3) is 0.346. The van der Waals surface area contributed by atoms with Gasteiger partial charge in [-0.15, -0.1) is 0 Å². The molecule has 2 fully saturated rings. The van der Waals surface area contributed by atoms with Crippen LogP contribution in [0.15, 0.2) is 53.5 Å². The molecule has 0 spiro atoms. The van der Waals surface area contributed by atoms with Crippen LogP contribution in [-0.2, 0) is 11.2 Å². The van der Waals surface area contributed by atoms with E-state index in [2.05, 4.69) is 51.6 Å². The van der Waals surface area contributed by atoms with E-state index in [0.717, 1.165) is 66.1 Å². The Kier molecular flexibility index (Phi) is 4.71. The average Bonchev–Trinajstić information content (AvgIpc) is 3.21. The lowest BCUT2D eigenvalue weighted by atomic mass is 10.0. The Labute approximate surface area is 191 Å². The van der Waals surface area contributed by atoms with Gasteiger partial charge in [0, 0.05) is 37.1 Å². The Morgan fingerprint density at radius 2 is 1.91 bits per heavy atom.